The lowest BCUT2D eigenvalue weighted by atomic mass is 10.1. The highest BCUT2D eigenvalue weighted by atomic mass is 16.5. The van der Waals surface area contributed by atoms with E-state index in [9.17, 15) is 9.59 Å². The molecule has 2 aromatic carbocycles. The molecule has 3 rings (SSSR count). The summed E-state index contributed by atoms with van der Waals surface area (Å²) >= 11 is 0. The van der Waals surface area contributed by atoms with Gasteiger partial charge in [-0.3, -0.25) is 9.59 Å². The van der Waals surface area contributed by atoms with E-state index >= 15 is 0 Å². The minimum Gasteiger partial charge on any atom is -0.484 e. The minimum absolute atomic E-state index is 0.0299. The van der Waals surface area contributed by atoms with Gasteiger partial charge >= 0.3 is 0 Å². The Morgan fingerprint density at radius 1 is 1.15 bits per heavy atom. The van der Waals surface area contributed by atoms with Crippen LogP contribution in [-0.4, -0.2) is 31.1 Å². The fourth-order valence-electron chi connectivity index (χ4n) is 2.77. The number of carbonyl (C=O) groups is 2. The Morgan fingerprint density at radius 3 is 2.81 bits per heavy atom. The molecular weight excluding hydrogens is 332 g/mol. The molecule has 6 heteroatoms. The van der Waals surface area contributed by atoms with Crippen molar-refractivity contribution in [2.75, 3.05) is 13.2 Å². The Hall–Kier alpha value is -3.02. The van der Waals surface area contributed by atoms with Gasteiger partial charge in [0.05, 0.1) is 0 Å². The molecule has 1 aliphatic rings. The number of amides is 2. The van der Waals surface area contributed by atoms with Gasteiger partial charge in [0.15, 0.2) is 12.7 Å². The van der Waals surface area contributed by atoms with Crippen molar-refractivity contribution >= 4 is 11.8 Å². The van der Waals surface area contributed by atoms with E-state index in [1.54, 1.807) is 6.07 Å². The summed E-state index contributed by atoms with van der Waals surface area (Å²) in [5.41, 5.74) is 1.94. The Kier molecular flexibility index (Phi) is 5.73. The van der Waals surface area contributed by atoms with Crippen molar-refractivity contribution in [1.82, 2.24) is 10.6 Å². The Bertz CT molecular complexity index is 766. The van der Waals surface area contributed by atoms with Crippen molar-refractivity contribution in [3.63, 3.8) is 0 Å². The number of ether oxygens (including phenoxy) is 2. The van der Waals surface area contributed by atoms with E-state index in [0.717, 1.165) is 16.9 Å². The van der Waals surface area contributed by atoms with Crippen LogP contribution in [0.4, 0.5) is 0 Å². The number of benzene rings is 2. The van der Waals surface area contributed by atoms with E-state index < -0.39 is 6.10 Å². The molecule has 0 saturated carbocycles. The van der Waals surface area contributed by atoms with Crippen LogP contribution >= 0.6 is 0 Å². The molecule has 1 aliphatic heterocycles. The van der Waals surface area contributed by atoms with Crippen LogP contribution < -0.4 is 20.1 Å². The van der Waals surface area contributed by atoms with Crippen molar-refractivity contribution in [3.05, 3.63) is 59.7 Å². The van der Waals surface area contributed by atoms with Crippen LogP contribution in [0, 0.1) is 0 Å². The van der Waals surface area contributed by atoms with E-state index in [4.69, 9.17) is 9.47 Å². The predicted octanol–water partition coefficient (Wildman–Crippen LogP) is 1.82. The SMILES string of the molecule is CCNC(=O)COc1cccc(CNC(=O)C2Cc3ccccc3O2)c1. The van der Waals surface area contributed by atoms with Gasteiger partial charge in [-0.15, -0.1) is 0 Å². The summed E-state index contributed by atoms with van der Waals surface area (Å²) in [5, 5.41) is 5.56. The van der Waals surface area contributed by atoms with Crippen LogP contribution in [-0.2, 0) is 22.6 Å². The third kappa shape index (κ3) is 4.53. The molecule has 0 aliphatic carbocycles. The van der Waals surface area contributed by atoms with E-state index in [-0.39, 0.29) is 18.4 Å². The molecule has 1 atom stereocenters. The van der Waals surface area contributed by atoms with Gasteiger partial charge in [0, 0.05) is 19.5 Å². The quantitative estimate of drug-likeness (QED) is 0.795. The summed E-state index contributed by atoms with van der Waals surface area (Å²) in [6, 6.07) is 15.0. The molecule has 2 aromatic rings. The average molecular weight is 354 g/mol. The van der Waals surface area contributed by atoms with E-state index in [1.165, 1.54) is 0 Å². The number of hydrogen-bond donors (Lipinski definition) is 2. The number of fused-ring (bicyclic) bond motifs is 1. The van der Waals surface area contributed by atoms with Gasteiger partial charge in [0.1, 0.15) is 11.5 Å². The smallest absolute Gasteiger partial charge is 0.261 e. The number of hydrogen-bond acceptors (Lipinski definition) is 4. The number of nitrogens with one attached hydrogen (secondary N) is 2. The van der Waals surface area contributed by atoms with Gasteiger partial charge in [-0.2, -0.15) is 0 Å². The lowest BCUT2D eigenvalue weighted by Crippen LogP contribution is -2.37. The zero-order valence-electron chi connectivity index (χ0n) is 14.7. The number of rotatable bonds is 7. The maximum Gasteiger partial charge on any atom is 0.261 e. The first kappa shape index (κ1) is 17.8. The molecule has 2 N–H and O–H groups in total. The molecule has 0 saturated heterocycles. The van der Waals surface area contributed by atoms with Crippen LogP contribution in [0.25, 0.3) is 0 Å². The van der Waals surface area contributed by atoms with Gasteiger partial charge < -0.3 is 20.1 Å². The number of carbonyl (C=O) groups excluding carboxylic acids is 2. The first-order valence-corrected chi connectivity index (χ1v) is 8.66. The summed E-state index contributed by atoms with van der Waals surface area (Å²) in [7, 11) is 0. The third-order valence-electron chi connectivity index (χ3n) is 4.05. The van der Waals surface area contributed by atoms with Gasteiger partial charge in [-0.1, -0.05) is 30.3 Å². The second kappa shape index (κ2) is 8.38. The zero-order chi connectivity index (χ0) is 18.4. The largest absolute Gasteiger partial charge is 0.484 e. The summed E-state index contributed by atoms with van der Waals surface area (Å²) in [6.45, 7) is 2.76. The van der Waals surface area contributed by atoms with Gasteiger partial charge in [-0.05, 0) is 36.2 Å². The summed E-state index contributed by atoms with van der Waals surface area (Å²) in [4.78, 5) is 23.8. The standard InChI is InChI=1S/C20H22N2O4/c1-2-21-19(23)13-25-16-8-5-6-14(10-16)12-22-20(24)18-11-15-7-3-4-9-17(15)26-18/h3-10,18H,2,11-13H2,1H3,(H,21,23)(H,22,24). The monoisotopic (exact) mass is 354 g/mol. The fourth-order valence-corrected chi connectivity index (χ4v) is 2.77. The Labute approximate surface area is 152 Å². The lowest BCUT2D eigenvalue weighted by molar-refractivity contribution is -0.127. The van der Waals surface area contributed by atoms with Crippen LogP contribution in [0.1, 0.15) is 18.1 Å². The molecule has 1 heterocycles. The topological polar surface area (TPSA) is 76.7 Å². The second-order valence-corrected chi connectivity index (χ2v) is 6.03. The maximum atomic E-state index is 12.3. The Morgan fingerprint density at radius 2 is 2.00 bits per heavy atom. The normalized spacial score (nSPS) is 14.9. The van der Waals surface area contributed by atoms with Gasteiger partial charge in [-0.25, -0.2) is 0 Å². The van der Waals surface area contributed by atoms with Crippen molar-refractivity contribution in [1.29, 1.82) is 0 Å². The van der Waals surface area contributed by atoms with Crippen molar-refractivity contribution < 1.29 is 19.1 Å². The summed E-state index contributed by atoms with van der Waals surface area (Å²) in [5.74, 6) is 1.06. The lowest BCUT2D eigenvalue weighted by Gasteiger charge is -2.12. The molecule has 0 radical (unpaired) electrons. The highest BCUT2D eigenvalue weighted by Crippen LogP contribution is 2.28. The fraction of sp³-hybridized carbons (Fsp3) is 0.300. The van der Waals surface area contributed by atoms with Crippen LogP contribution in [0.5, 0.6) is 11.5 Å². The first-order valence-electron chi connectivity index (χ1n) is 8.66. The van der Waals surface area contributed by atoms with E-state index in [0.29, 0.717) is 25.3 Å². The Balaban J connectivity index is 1.50. The van der Waals surface area contributed by atoms with Crippen LogP contribution in [0.2, 0.25) is 0 Å². The molecule has 1 unspecified atom stereocenters. The second-order valence-electron chi connectivity index (χ2n) is 6.03. The van der Waals surface area contributed by atoms with Crippen LogP contribution in [0.3, 0.4) is 0 Å². The third-order valence-corrected chi connectivity index (χ3v) is 4.05. The molecule has 26 heavy (non-hydrogen) atoms. The minimum atomic E-state index is -0.496. The first-order chi connectivity index (χ1) is 12.7. The highest BCUT2D eigenvalue weighted by molar-refractivity contribution is 5.82. The molecule has 0 spiro atoms. The van der Waals surface area contributed by atoms with Crippen molar-refractivity contribution in [2.45, 2.75) is 26.0 Å². The zero-order valence-corrected chi connectivity index (χ0v) is 14.7. The summed E-state index contributed by atoms with van der Waals surface area (Å²) in [6.07, 6.45) is 0.0853. The maximum absolute atomic E-state index is 12.3. The molecule has 0 bridgehead atoms. The van der Waals surface area contributed by atoms with Gasteiger partial charge in [0.25, 0.3) is 11.8 Å². The number of para-hydroxylation sites is 1. The van der Waals surface area contributed by atoms with Crippen molar-refractivity contribution in [3.8, 4) is 11.5 Å². The van der Waals surface area contributed by atoms with Crippen LogP contribution in [0.15, 0.2) is 48.5 Å². The predicted molar refractivity (Wildman–Crippen MR) is 97.0 cm³/mol. The van der Waals surface area contributed by atoms with E-state index in [1.807, 2.05) is 49.4 Å². The van der Waals surface area contributed by atoms with Gasteiger partial charge in [0.2, 0.25) is 0 Å². The molecule has 136 valence electrons. The highest BCUT2D eigenvalue weighted by Gasteiger charge is 2.28. The molecular formula is C20H22N2O4. The molecule has 6 nitrogen and oxygen atoms in total. The van der Waals surface area contributed by atoms with Crippen molar-refractivity contribution in [2.24, 2.45) is 0 Å². The number of likely N-dealkylation sites (N-methyl/N-ethyl adjacent to an activating group) is 1. The average Bonchev–Trinajstić information content (AvgIpc) is 3.09. The van der Waals surface area contributed by atoms with E-state index in [2.05, 4.69) is 10.6 Å². The molecule has 2 amide bonds. The molecule has 0 aromatic heterocycles. The molecule has 0 fully saturated rings. The summed E-state index contributed by atoms with van der Waals surface area (Å²) < 4.78 is 11.1.